The van der Waals surface area contributed by atoms with Crippen molar-refractivity contribution in [1.29, 1.82) is 0 Å². The Balaban J connectivity index is 2.74. The van der Waals surface area contributed by atoms with Crippen molar-refractivity contribution in [2.24, 2.45) is 0 Å². The number of nitrogens with one attached hydrogen (secondary N) is 1. The van der Waals surface area contributed by atoms with Gasteiger partial charge in [-0.2, -0.15) is 0 Å². The zero-order chi connectivity index (χ0) is 14.4. The lowest BCUT2D eigenvalue weighted by Crippen LogP contribution is -2.23. The second-order valence-corrected chi connectivity index (χ2v) is 4.04. The normalized spacial score (nSPS) is 11.7. The van der Waals surface area contributed by atoms with Crippen molar-refractivity contribution >= 4 is 17.6 Å². The van der Waals surface area contributed by atoms with Gasteiger partial charge in [0, 0.05) is 18.2 Å². The van der Waals surface area contributed by atoms with Crippen molar-refractivity contribution < 1.29 is 23.8 Å². The average Bonchev–Trinajstić information content (AvgIpc) is 2.32. The van der Waals surface area contributed by atoms with E-state index in [0.29, 0.717) is 18.5 Å². The maximum atomic E-state index is 13.6. The molecule has 1 amide bonds. The number of halogens is 1. The van der Waals surface area contributed by atoms with Gasteiger partial charge in [0.05, 0.1) is 0 Å². The van der Waals surface area contributed by atoms with Crippen LogP contribution in [0, 0.1) is 5.82 Å². The van der Waals surface area contributed by atoms with Gasteiger partial charge in [0.1, 0.15) is 0 Å². The highest BCUT2D eigenvalue weighted by Gasteiger charge is 2.15. The second kappa shape index (κ2) is 6.72. The maximum absolute atomic E-state index is 13.6. The van der Waals surface area contributed by atoms with E-state index in [4.69, 9.17) is 9.84 Å². The summed E-state index contributed by atoms with van der Waals surface area (Å²) < 4.78 is 18.6. The van der Waals surface area contributed by atoms with Gasteiger partial charge in [0.15, 0.2) is 17.7 Å². The van der Waals surface area contributed by atoms with Crippen molar-refractivity contribution in [3.8, 4) is 5.75 Å². The van der Waals surface area contributed by atoms with E-state index in [1.807, 2.05) is 6.92 Å². The molecule has 0 saturated heterocycles. The summed E-state index contributed by atoms with van der Waals surface area (Å²) in [4.78, 5) is 21.9. The zero-order valence-corrected chi connectivity index (χ0v) is 10.8. The first-order valence-corrected chi connectivity index (χ1v) is 5.93. The highest BCUT2D eigenvalue weighted by Crippen LogP contribution is 2.22. The Hall–Kier alpha value is -2.11. The van der Waals surface area contributed by atoms with Crippen LogP contribution in [-0.2, 0) is 9.59 Å². The number of amides is 1. The van der Waals surface area contributed by atoms with Crippen LogP contribution in [0.1, 0.15) is 26.7 Å². The summed E-state index contributed by atoms with van der Waals surface area (Å²) in [5.74, 6) is -2.26. The van der Waals surface area contributed by atoms with E-state index in [0.717, 1.165) is 6.07 Å². The smallest absolute Gasteiger partial charge is 0.344 e. The third-order valence-corrected chi connectivity index (χ3v) is 2.34. The number of rotatable bonds is 6. The number of ether oxygens (including phenoxy) is 1. The molecule has 0 spiro atoms. The van der Waals surface area contributed by atoms with Crippen LogP contribution in [0.2, 0.25) is 0 Å². The fourth-order valence-corrected chi connectivity index (χ4v) is 1.37. The molecule has 0 heterocycles. The Morgan fingerprint density at radius 2 is 2.16 bits per heavy atom. The molecular formula is C13H16FNO4. The summed E-state index contributed by atoms with van der Waals surface area (Å²) in [6, 6.07) is 3.84. The number of benzene rings is 1. The molecule has 1 atom stereocenters. The van der Waals surface area contributed by atoms with Crippen LogP contribution in [0.5, 0.6) is 5.75 Å². The van der Waals surface area contributed by atoms with Gasteiger partial charge in [-0.15, -0.1) is 0 Å². The molecule has 0 aliphatic heterocycles. The first-order chi connectivity index (χ1) is 8.93. The fraction of sp³-hybridized carbons (Fsp3) is 0.385. The van der Waals surface area contributed by atoms with Crippen molar-refractivity contribution in [2.75, 3.05) is 5.32 Å². The molecule has 1 aromatic rings. The van der Waals surface area contributed by atoms with E-state index in [9.17, 15) is 14.0 Å². The van der Waals surface area contributed by atoms with E-state index in [-0.39, 0.29) is 11.7 Å². The van der Waals surface area contributed by atoms with Gasteiger partial charge < -0.3 is 15.2 Å². The number of carboxylic acids is 1. The molecule has 1 unspecified atom stereocenters. The second-order valence-electron chi connectivity index (χ2n) is 4.04. The molecule has 0 saturated carbocycles. The van der Waals surface area contributed by atoms with Crippen molar-refractivity contribution in [3.63, 3.8) is 0 Å². The number of carboxylic acid groups (broad SMARTS) is 1. The third kappa shape index (κ3) is 4.57. The highest BCUT2D eigenvalue weighted by molar-refractivity contribution is 5.90. The Morgan fingerprint density at radius 3 is 2.68 bits per heavy atom. The molecule has 19 heavy (non-hydrogen) atoms. The van der Waals surface area contributed by atoms with Crippen LogP contribution in [0.25, 0.3) is 0 Å². The quantitative estimate of drug-likeness (QED) is 0.831. The Bertz CT molecular complexity index is 476. The minimum Gasteiger partial charge on any atom is -0.479 e. The maximum Gasteiger partial charge on any atom is 0.344 e. The number of hydrogen-bond donors (Lipinski definition) is 2. The highest BCUT2D eigenvalue weighted by atomic mass is 19.1. The third-order valence-electron chi connectivity index (χ3n) is 2.34. The fourth-order valence-electron chi connectivity index (χ4n) is 1.37. The lowest BCUT2D eigenvalue weighted by molar-refractivity contribution is -0.144. The first kappa shape index (κ1) is 14.9. The summed E-state index contributed by atoms with van der Waals surface area (Å²) in [5.41, 5.74) is 0.311. The lowest BCUT2D eigenvalue weighted by atomic mass is 10.2. The number of hydrogen-bond acceptors (Lipinski definition) is 3. The summed E-state index contributed by atoms with van der Waals surface area (Å²) in [7, 11) is 0. The predicted octanol–water partition coefficient (Wildman–Crippen LogP) is 2.42. The van der Waals surface area contributed by atoms with Crippen LogP contribution >= 0.6 is 0 Å². The lowest BCUT2D eigenvalue weighted by Gasteiger charge is -2.12. The van der Waals surface area contributed by atoms with Gasteiger partial charge in [-0.3, -0.25) is 4.79 Å². The Labute approximate surface area is 110 Å². The molecule has 0 aromatic heterocycles. The molecule has 0 bridgehead atoms. The molecule has 104 valence electrons. The van der Waals surface area contributed by atoms with E-state index in [1.54, 1.807) is 0 Å². The summed E-state index contributed by atoms with van der Waals surface area (Å²) in [6.07, 6.45) is -0.0864. The van der Waals surface area contributed by atoms with Gasteiger partial charge in [-0.1, -0.05) is 6.92 Å². The van der Waals surface area contributed by atoms with Crippen LogP contribution in [0.15, 0.2) is 18.2 Å². The van der Waals surface area contributed by atoms with E-state index in [2.05, 4.69) is 5.32 Å². The Morgan fingerprint density at radius 1 is 1.47 bits per heavy atom. The molecule has 2 N–H and O–H groups in total. The molecule has 1 rings (SSSR count). The van der Waals surface area contributed by atoms with Crippen LogP contribution < -0.4 is 10.1 Å². The predicted molar refractivity (Wildman–Crippen MR) is 67.7 cm³/mol. The van der Waals surface area contributed by atoms with E-state index >= 15 is 0 Å². The van der Waals surface area contributed by atoms with E-state index < -0.39 is 17.9 Å². The molecule has 1 aromatic carbocycles. The van der Waals surface area contributed by atoms with Gasteiger partial charge >= 0.3 is 5.97 Å². The minimum atomic E-state index is -1.18. The van der Waals surface area contributed by atoms with Crippen molar-refractivity contribution in [2.45, 2.75) is 32.8 Å². The van der Waals surface area contributed by atoms with Gasteiger partial charge in [-0.05, 0) is 25.5 Å². The van der Waals surface area contributed by atoms with E-state index in [1.165, 1.54) is 19.1 Å². The Kier molecular flexibility index (Phi) is 5.29. The molecule has 6 heteroatoms. The van der Waals surface area contributed by atoms with Crippen LogP contribution in [0.3, 0.4) is 0 Å². The van der Waals surface area contributed by atoms with Crippen LogP contribution in [0.4, 0.5) is 10.1 Å². The molecule has 0 aliphatic carbocycles. The average molecular weight is 269 g/mol. The molecule has 5 nitrogen and oxygen atoms in total. The topological polar surface area (TPSA) is 75.6 Å². The van der Waals surface area contributed by atoms with Crippen molar-refractivity contribution in [3.05, 3.63) is 24.0 Å². The number of anilines is 1. The molecule has 0 fully saturated rings. The monoisotopic (exact) mass is 269 g/mol. The van der Waals surface area contributed by atoms with Gasteiger partial charge in [0.2, 0.25) is 5.91 Å². The molecule has 0 radical (unpaired) electrons. The summed E-state index contributed by atoms with van der Waals surface area (Å²) in [6.45, 7) is 3.17. The van der Waals surface area contributed by atoms with Crippen molar-refractivity contribution in [1.82, 2.24) is 0 Å². The summed E-state index contributed by atoms with van der Waals surface area (Å²) >= 11 is 0. The number of carbonyl (C=O) groups excluding carboxylic acids is 1. The minimum absolute atomic E-state index is 0.164. The first-order valence-electron chi connectivity index (χ1n) is 5.93. The molecule has 0 aliphatic rings. The van der Waals surface area contributed by atoms with Gasteiger partial charge in [-0.25, -0.2) is 9.18 Å². The zero-order valence-electron chi connectivity index (χ0n) is 10.8. The SMILES string of the molecule is CCCC(=O)Nc1ccc(OC(C)C(=O)O)c(F)c1. The number of carbonyl (C=O) groups is 2. The number of aliphatic carboxylic acids is 1. The standard InChI is InChI=1S/C13H16FNO4/c1-3-4-12(16)15-9-5-6-11(10(14)7-9)19-8(2)13(17)18/h5-8H,3-4H2,1-2H3,(H,15,16)(H,17,18). The summed E-state index contributed by atoms with van der Waals surface area (Å²) in [5, 5.41) is 11.2. The van der Waals surface area contributed by atoms with Crippen LogP contribution in [-0.4, -0.2) is 23.1 Å². The molecular weight excluding hydrogens is 253 g/mol. The van der Waals surface area contributed by atoms with Gasteiger partial charge in [0.25, 0.3) is 0 Å². The largest absolute Gasteiger partial charge is 0.479 e.